The number of tetrazole rings is 1. The second kappa shape index (κ2) is 9.16. The number of para-hydroxylation sites is 1. The maximum Gasteiger partial charge on any atom is 0.155 e. The monoisotopic (exact) mass is 418 g/mol. The Balaban J connectivity index is 1.35. The molecule has 3 aromatic rings. The van der Waals surface area contributed by atoms with Crippen molar-refractivity contribution in [2.75, 3.05) is 13.7 Å². The molecule has 7 nitrogen and oxygen atoms in total. The molecule has 1 aliphatic heterocycles. The number of nitrogens with zero attached hydrogens (tertiary/aromatic N) is 4. The van der Waals surface area contributed by atoms with Crippen LogP contribution in [0.5, 0.6) is 5.75 Å². The molecule has 1 unspecified atom stereocenters. The first-order chi connectivity index (χ1) is 15.3. The minimum absolute atomic E-state index is 0.236. The molecule has 0 spiro atoms. The highest BCUT2D eigenvalue weighted by Crippen LogP contribution is 2.34. The van der Waals surface area contributed by atoms with Crippen molar-refractivity contribution in [1.29, 1.82) is 0 Å². The fourth-order valence-electron chi connectivity index (χ4n) is 4.61. The smallest absolute Gasteiger partial charge is 0.155 e. The Bertz CT molecular complexity index is 986. The second-order valence-electron chi connectivity index (χ2n) is 8.69. The molecule has 162 valence electrons. The third-order valence-electron chi connectivity index (χ3n) is 6.48. The van der Waals surface area contributed by atoms with Crippen LogP contribution in [0.2, 0.25) is 0 Å². The van der Waals surface area contributed by atoms with E-state index in [0.29, 0.717) is 0 Å². The van der Waals surface area contributed by atoms with Crippen molar-refractivity contribution in [3.63, 3.8) is 0 Å². The predicted octanol–water partition coefficient (Wildman–Crippen LogP) is 3.07. The van der Waals surface area contributed by atoms with Gasteiger partial charge < -0.3 is 15.4 Å². The first-order valence-electron chi connectivity index (χ1n) is 11.2. The zero-order valence-electron chi connectivity index (χ0n) is 17.9. The Morgan fingerprint density at radius 3 is 2.71 bits per heavy atom. The highest BCUT2D eigenvalue weighted by atomic mass is 16.5. The van der Waals surface area contributed by atoms with E-state index in [2.05, 4.69) is 68.6 Å². The zero-order valence-corrected chi connectivity index (χ0v) is 17.9. The molecule has 0 amide bonds. The summed E-state index contributed by atoms with van der Waals surface area (Å²) in [5, 5.41) is 20.3. The molecule has 1 aliphatic carbocycles. The van der Waals surface area contributed by atoms with Crippen LogP contribution in [0.1, 0.15) is 48.2 Å². The van der Waals surface area contributed by atoms with E-state index in [1.54, 1.807) is 7.11 Å². The molecular formula is C24H30N6O. The van der Waals surface area contributed by atoms with Crippen LogP contribution in [0.3, 0.4) is 0 Å². The largest absolute Gasteiger partial charge is 0.496 e. The fourth-order valence-corrected chi connectivity index (χ4v) is 4.61. The van der Waals surface area contributed by atoms with Crippen molar-refractivity contribution in [3.05, 3.63) is 71.5 Å². The van der Waals surface area contributed by atoms with Gasteiger partial charge in [-0.3, -0.25) is 0 Å². The number of ether oxygens (including phenoxy) is 1. The van der Waals surface area contributed by atoms with Gasteiger partial charge in [0, 0.05) is 43.2 Å². The lowest BCUT2D eigenvalue weighted by Crippen LogP contribution is -2.48. The quantitative estimate of drug-likeness (QED) is 0.586. The maximum atomic E-state index is 5.55. The van der Waals surface area contributed by atoms with Gasteiger partial charge in [0.15, 0.2) is 5.82 Å². The lowest BCUT2D eigenvalue weighted by molar-refractivity contribution is 0.268. The van der Waals surface area contributed by atoms with Gasteiger partial charge in [-0.1, -0.05) is 48.5 Å². The van der Waals surface area contributed by atoms with E-state index in [4.69, 9.17) is 4.74 Å². The number of hydrogen-bond acceptors (Lipinski definition) is 6. The lowest BCUT2D eigenvalue weighted by atomic mass is 9.86. The molecule has 2 heterocycles. The van der Waals surface area contributed by atoms with Crippen molar-refractivity contribution in [2.24, 2.45) is 5.92 Å². The third kappa shape index (κ3) is 4.62. The van der Waals surface area contributed by atoms with Crippen molar-refractivity contribution in [1.82, 2.24) is 30.8 Å². The maximum absolute atomic E-state index is 5.55. The molecule has 1 saturated carbocycles. The second-order valence-corrected chi connectivity index (χ2v) is 8.69. The fraction of sp³-hybridized carbons (Fsp3) is 0.458. The molecule has 1 saturated heterocycles. The molecule has 2 fully saturated rings. The average Bonchev–Trinajstić information content (AvgIpc) is 3.52. The van der Waals surface area contributed by atoms with Crippen LogP contribution >= 0.6 is 0 Å². The summed E-state index contributed by atoms with van der Waals surface area (Å²) >= 11 is 0. The first-order valence-corrected chi connectivity index (χ1v) is 11.2. The van der Waals surface area contributed by atoms with E-state index >= 15 is 0 Å². The van der Waals surface area contributed by atoms with E-state index in [1.807, 2.05) is 16.8 Å². The van der Waals surface area contributed by atoms with Gasteiger partial charge in [0.05, 0.1) is 7.11 Å². The summed E-state index contributed by atoms with van der Waals surface area (Å²) in [6, 6.07) is 19.4. The zero-order chi connectivity index (χ0) is 21.0. The van der Waals surface area contributed by atoms with Gasteiger partial charge in [-0.25, -0.2) is 4.68 Å². The standard InChI is InChI=1S/C24H30N6O/c1-31-22-10-6-5-9-19(22)14-25-21-13-20(15-26-23(21)18-7-3-2-4-8-18)24-27-28-29-30(24)16-17-11-12-17/h2-10,17,20-21,23,25-26H,11-16H2,1H3/t20?,21-,23-/m0/s1. The van der Waals surface area contributed by atoms with Crippen LogP contribution in [0.25, 0.3) is 0 Å². The van der Waals surface area contributed by atoms with Gasteiger partial charge in [0.1, 0.15) is 5.75 Å². The molecule has 2 aliphatic rings. The molecule has 0 bridgehead atoms. The highest BCUT2D eigenvalue weighted by molar-refractivity contribution is 5.33. The number of hydrogen-bond donors (Lipinski definition) is 2. The Morgan fingerprint density at radius 1 is 1.10 bits per heavy atom. The lowest BCUT2D eigenvalue weighted by Gasteiger charge is -2.37. The van der Waals surface area contributed by atoms with Gasteiger partial charge >= 0.3 is 0 Å². The van der Waals surface area contributed by atoms with E-state index < -0.39 is 0 Å². The number of rotatable bonds is 8. The van der Waals surface area contributed by atoms with Crippen molar-refractivity contribution in [3.8, 4) is 5.75 Å². The Labute approximate surface area is 183 Å². The third-order valence-corrected chi connectivity index (χ3v) is 6.48. The van der Waals surface area contributed by atoms with Gasteiger partial charge in [-0.15, -0.1) is 5.10 Å². The van der Waals surface area contributed by atoms with Crippen molar-refractivity contribution < 1.29 is 4.74 Å². The van der Waals surface area contributed by atoms with E-state index in [9.17, 15) is 0 Å². The highest BCUT2D eigenvalue weighted by Gasteiger charge is 2.35. The summed E-state index contributed by atoms with van der Waals surface area (Å²) in [4.78, 5) is 0. The van der Waals surface area contributed by atoms with Gasteiger partial charge in [0.25, 0.3) is 0 Å². The SMILES string of the molecule is COc1ccccc1CN[C@H]1CC(c2nnnn2CC2CC2)CN[C@H]1c1ccccc1. The minimum atomic E-state index is 0.236. The predicted molar refractivity (Wildman–Crippen MR) is 119 cm³/mol. The molecule has 5 rings (SSSR count). The van der Waals surface area contributed by atoms with E-state index in [-0.39, 0.29) is 18.0 Å². The van der Waals surface area contributed by atoms with Crippen LogP contribution in [0, 0.1) is 5.92 Å². The average molecular weight is 419 g/mol. The van der Waals surface area contributed by atoms with Crippen LogP contribution < -0.4 is 15.4 Å². The van der Waals surface area contributed by atoms with E-state index in [1.165, 1.54) is 18.4 Å². The number of methoxy groups -OCH3 is 1. The van der Waals surface area contributed by atoms with Crippen molar-refractivity contribution >= 4 is 0 Å². The molecule has 1 aromatic heterocycles. The molecule has 2 aromatic carbocycles. The Kier molecular flexibility index (Phi) is 5.95. The van der Waals surface area contributed by atoms with Crippen LogP contribution in [0.15, 0.2) is 54.6 Å². The van der Waals surface area contributed by atoms with E-state index in [0.717, 1.165) is 49.1 Å². The summed E-state index contributed by atoms with van der Waals surface area (Å²) in [6.07, 6.45) is 3.57. The molecular weight excluding hydrogens is 388 g/mol. The summed E-state index contributed by atoms with van der Waals surface area (Å²) in [5.41, 5.74) is 2.47. The molecule has 31 heavy (non-hydrogen) atoms. The Morgan fingerprint density at radius 2 is 1.90 bits per heavy atom. The van der Waals surface area contributed by atoms with Crippen LogP contribution in [-0.4, -0.2) is 39.9 Å². The number of aromatic nitrogens is 4. The number of benzene rings is 2. The van der Waals surface area contributed by atoms with Gasteiger partial charge in [-0.05, 0) is 47.2 Å². The summed E-state index contributed by atoms with van der Waals surface area (Å²) < 4.78 is 7.58. The van der Waals surface area contributed by atoms with Crippen LogP contribution in [-0.2, 0) is 13.1 Å². The topological polar surface area (TPSA) is 76.9 Å². The molecule has 0 radical (unpaired) electrons. The number of piperidine rings is 1. The van der Waals surface area contributed by atoms with Gasteiger partial charge in [0.2, 0.25) is 0 Å². The molecule has 3 atom stereocenters. The summed E-state index contributed by atoms with van der Waals surface area (Å²) in [6.45, 7) is 2.57. The molecule has 2 N–H and O–H groups in total. The first kappa shape index (κ1) is 20.2. The normalized spacial score (nSPS) is 23.6. The van der Waals surface area contributed by atoms with Crippen molar-refractivity contribution in [2.45, 2.75) is 50.4 Å². The summed E-state index contributed by atoms with van der Waals surface area (Å²) in [7, 11) is 1.73. The Hall–Kier alpha value is -2.77. The number of nitrogens with one attached hydrogen (secondary N) is 2. The van der Waals surface area contributed by atoms with Crippen LogP contribution in [0.4, 0.5) is 0 Å². The minimum Gasteiger partial charge on any atom is -0.496 e. The molecule has 7 heteroatoms. The summed E-state index contributed by atoms with van der Waals surface area (Å²) in [5.74, 6) is 2.95. The van der Waals surface area contributed by atoms with Gasteiger partial charge in [-0.2, -0.15) is 0 Å².